The predicted molar refractivity (Wildman–Crippen MR) is 96.1 cm³/mol. The zero-order valence-electron chi connectivity index (χ0n) is 15.2. The number of piperidine rings is 1. The lowest BCUT2D eigenvalue weighted by Gasteiger charge is -2.54. The molecule has 136 valence electrons. The Morgan fingerprint density at radius 2 is 1.92 bits per heavy atom. The molecule has 2 unspecified atom stereocenters. The van der Waals surface area contributed by atoms with Gasteiger partial charge in [0, 0.05) is 17.6 Å². The Labute approximate surface area is 151 Å². The molecule has 0 aliphatic carbocycles. The number of benzene rings is 1. The maximum atomic E-state index is 14.4. The van der Waals surface area contributed by atoms with Crippen molar-refractivity contribution >= 4 is 11.7 Å². The third-order valence-electron chi connectivity index (χ3n) is 5.39. The largest absolute Gasteiger partial charge is 0.322 e. The van der Waals surface area contributed by atoms with E-state index in [9.17, 15) is 9.18 Å². The molecular formula is C19H22FN5O. The van der Waals surface area contributed by atoms with E-state index >= 15 is 0 Å². The fourth-order valence-electron chi connectivity index (χ4n) is 4.12. The summed E-state index contributed by atoms with van der Waals surface area (Å²) in [6, 6.07) is 3.32. The summed E-state index contributed by atoms with van der Waals surface area (Å²) < 4.78 is 14.4. The standard InChI is InChI=1S/C19H22FN5O/c1-10-4-13-7-14(5-10)25(13)19(26)22-17-8-15(11(2)6-16(17)20)18-21-9-12(3)23-24-18/h6,8-10,13-14H,4-5,7H2,1-3H3,(H,22,26). The summed E-state index contributed by atoms with van der Waals surface area (Å²) in [6.07, 6.45) is 4.72. The molecule has 2 amide bonds. The highest BCUT2D eigenvalue weighted by atomic mass is 19.1. The number of carbonyl (C=O) groups excluding carboxylic acids is 1. The first-order chi connectivity index (χ1) is 12.4. The van der Waals surface area contributed by atoms with Crippen LogP contribution in [-0.4, -0.2) is 38.2 Å². The molecule has 2 saturated heterocycles. The lowest BCUT2D eigenvalue weighted by molar-refractivity contribution is -0.00603. The Bertz CT molecular complexity index is 842. The lowest BCUT2D eigenvalue weighted by atomic mass is 9.74. The third-order valence-corrected chi connectivity index (χ3v) is 5.39. The number of hydrogen-bond acceptors (Lipinski definition) is 4. The molecule has 2 fully saturated rings. The summed E-state index contributed by atoms with van der Waals surface area (Å²) >= 11 is 0. The van der Waals surface area contributed by atoms with Gasteiger partial charge in [-0.1, -0.05) is 6.92 Å². The average Bonchev–Trinajstić information content (AvgIpc) is 2.58. The second kappa shape index (κ2) is 6.30. The van der Waals surface area contributed by atoms with Gasteiger partial charge in [-0.3, -0.25) is 0 Å². The van der Waals surface area contributed by atoms with Crippen LogP contribution in [0.5, 0.6) is 0 Å². The Kier molecular flexibility index (Phi) is 4.09. The highest BCUT2D eigenvalue weighted by Crippen LogP contribution is 2.41. The number of rotatable bonds is 2. The van der Waals surface area contributed by atoms with E-state index in [-0.39, 0.29) is 23.8 Å². The number of carbonyl (C=O) groups is 1. The van der Waals surface area contributed by atoms with Gasteiger partial charge in [0.05, 0.1) is 17.6 Å². The predicted octanol–water partition coefficient (Wildman–Crippen LogP) is 3.70. The van der Waals surface area contributed by atoms with Crippen molar-refractivity contribution in [2.75, 3.05) is 5.32 Å². The Morgan fingerprint density at radius 3 is 2.58 bits per heavy atom. The van der Waals surface area contributed by atoms with Crippen LogP contribution >= 0.6 is 0 Å². The molecule has 2 aromatic rings. The van der Waals surface area contributed by atoms with Crippen LogP contribution in [0.4, 0.5) is 14.9 Å². The number of urea groups is 1. The first kappa shape index (κ1) is 16.9. The van der Waals surface area contributed by atoms with Gasteiger partial charge in [0.1, 0.15) is 5.82 Å². The summed E-state index contributed by atoms with van der Waals surface area (Å²) in [5.74, 6) is 0.605. The highest BCUT2D eigenvalue weighted by molar-refractivity contribution is 5.91. The monoisotopic (exact) mass is 355 g/mol. The molecule has 0 saturated carbocycles. The average molecular weight is 355 g/mol. The van der Waals surface area contributed by atoms with Crippen molar-refractivity contribution in [1.82, 2.24) is 20.1 Å². The van der Waals surface area contributed by atoms with Crippen LogP contribution in [0.15, 0.2) is 18.3 Å². The number of anilines is 1. The number of fused-ring (bicyclic) bond motifs is 2. The molecule has 1 aromatic carbocycles. The van der Waals surface area contributed by atoms with E-state index in [0.717, 1.165) is 19.3 Å². The molecule has 6 nitrogen and oxygen atoms in total. The summed E-state index contributed by atoms with van der Waals surface area (Å²) in [7, 11) is 0. The van der Waals surface area contributed by atoms with Crippen LogP contribution in [0.25, 0.3) is 11.4 Å². The van der Waals surface area contributed by atoms with Crippen molar-refractivity contribution in [2.45, 2.75) is 52.1 Å². The van der Waals surface area contributed by atoms with Gasteiger partial charge in [-0.05, 0) is 56.7 Å². The highest BCUT2D eigenvalue weighted by Gasteiger charge is 2.46. The fraction of sp³-hybridized carbons (Fsp3) is 0.474. The summed E-state index contributed by atoms with van der Waals surface area (Å²) in [5, 5.41) is 10.8. The number of aromatic nitrogens is 3. The molecular weight excluding hydrogens is 333 g/mol. The molecule has 4 rings (SSSR count). The van der Waals surface area contributed by atoms with Crippen molar-refractivity contribution < 1.29 is 9.18 Å². The zero-order valence-corrected chi connectivity index (χ0v) is 15.2. The molecule has 3 heterocycles. The molecule has 2 aliphatic rings. The molecule has 26 heavy (non-hydrogen) atoms. The van der Waals surface area contributed by atoms with Gasteiger partial charge in [0.25, 0.3) is 0 Å². The number of nitrogens with zero attached hydrogens (tertiary/aromatic N) is 4. The first-order valence-corrected chi connectivity index (χ1v) is 8.98. The van der Waals surface area contributed by atoms with Crippen LogP contribution < -0.4 is 5.32 Å². The topological polar surface area (TPSA) is 71.0 Å². The van der Waals surface area contributed by atoms with Crippen molar-refractivity contribution in [3.05, 3.63) is 35.4 Å². The Hall–Kier alpha value is -2.57. The van der Waals surface area contributed by atoms with Crippen molar-refractivity contribution in [1.29, 1.82) is 0 Å². The fourth-order valence-corrected chi connectivity index (χ4v) is 4.12. The quantitative estimate of drug-likeness (QED) is 0.892. The number of hydrogen-bond donors (Lipinski definition) is 1. The molecule has 7 heteroatoms. The molecule has 0 radical (unpaired) electrons. The van der Waals surface area contributed by atoms with Gasteiger partial charge in [-0.15, -0.1) is 5.10 Å². The summed E-state index contributed by atoms with van der Waals surface area (Å²) in [6.45, 7) is 5.81. The van der Waals surface area contributed by atoms with Gasteiger partial charge < -0.3 is 10.2 Å². The van der Waals surface area contributed by atoms with Gasteiger partial charge in [0.2, 0.25) is 0 Å². The Morgan fingerprint density at radius 1 is 1.19 bits per heavy atom. The smallest absolute Gasteiger partial charge is 0.318 e. The second-order valence-corrected chi connectivity index (χ2v) is 7.53. The molecule has 2 aliphatic heterocycles. The van der Waals surface area contributed by atoms with E-state index in [4.69, 9.17) is 0 Å². The van der Waals surface area contributed by atoms with E-state index in [0.29, 0.717) is 28.6 Å². The SMILES string of the molecule is Cc1cnc(-c2cc(NC(=O)N3C4CC(C)CC3C4)c(F)cc2C)nn1. The van der Waals surface area contributed by atoms with E-state index in [1.165, 1.54) is 6.07 Å². The number of aryl methyl sites for hydroxylation is 2. The second-order valence-electron chi connectivity index (χ2n) is 7.53. The van der Waals surface area contributed by atoms with E-state index in [1.54, 1.807) is 26.1 Å². The maximum Gasteiger partial charge on any atom is 0.322 e. The van der Waals surface area contributed by atoms with E-state index in [2.05, 4.69) is 27.4 Å². The van der Waals surface area contributed by atoms with Gasteiger partial charge >= 0.3 is 6.03 Å². The maximum absolute atomic E-state index is 14.4. The van der Waals surface area contributed by atoms with Crippen LogP contribution in [0.3, 0.4) is 0 Å². The van der Waals surface area contributed by atoms with Crippen molar-refractivity contribution in [3.8, 4) is 11.4 Å². The number of nitrogens with one attached hydrogen (secondary N) is 1. The molecule has 1 aromatic heterocycles. The number of amides is 2. The molecule has 0 spiro atoms. The van der Waals surface area contributed by atoms with E-state index < -0.39 is 5.82 Å². The minimum atomic E-state index is -0.460. The van der Waals surface area contributed by atoms with Crippen LogP contribution in [0, 0.1) is 25.6 Å². The third kappa shape index (κ3) is 2.91. The molecule has 2 atom stereocenters. The van der Waals surface area contributed by atoms with Gasteiger partial charge in [-0.25, -0.2) is 14.2 Å². The summed E-state index contributed by atoms with van der Waals surface area (Å²) in [5.41, 5.74) is 2.21. The zero-order chi connectivity index (χ0) is 18.4. The molecule has 1 N–H and O–H groups in total. The van der Waals surface area contributed by atoms with E-state index in [1.807, 2.05) is 4.90 Å². The molecule has 2 bridgehead atoms. The van der Waals surface area contributed by atoms with Crippen LogP contribution in [0.1, 0.15) is 37.4 Å². The first-order valence-electron chi connectivity index (χ1n) is 8.98. The Balaban J connectivity index is 1.58. The summed E-state index contributed by atoms with van der Waals surface area (Å²) in [4.78, 5) is 18.8. The van der Waals surface area contributed by atoms with Gasteiger partial charge in [0.15, 0.2) is 5.82 Å². The van der Waals surface area contributed by atoms with Crippen LogP contribution in [0.2, 0.25) is 0 Å². The minimum Gasteiger partial charge on any atom is -0.318 e. The van der Waals surface area contributed by atoms with Gasteiger partial charge in [-0.2, -0.15) is 5.10 Å². The van der Waals surface area contributed by atoms with Crippen molar-refractivity contribution in [3.63, 3.8) is 0 Å². The minimum absolute atomic E-state index is 0.151. The normalized spacial score (nSPS) is 24.2. The lowest BCUT2D eigenvalue weighted by Crippen LogP contribution is -2.63. The van der Waals surface area contributed by atoms with Crippen molar-refractivity contribution in [2.24, 2.45) is 5.92 Å². The number of halogens is 1. The van der Waals surface area contributed by atoms with Crippen LogP contribution in [-0.2, 0) is 0 Å².